The van der Waals surface area contributed by atoms with Crippen molar-refractivity contribution in [3.63, 3.8) is 0 Å². The van der Waals surface area contributed by atoms with Crippen molar-refractivity contribution in [1.29, 1.82) is 0 Å². The minimum atomic E-state index is 0.205. The van der Waals surface area contributed by atoms with Gasteiger partial charge in [-0.3, -0.25) is 4.79 Å². The van der Waals surface area contributed by atoms with Crippen LogP contribution >= 0.6 is 0 Å². The predicted octanol–water partition coefficient (Wildman–Crippen LogP) is 1.49. The van der Waals surface area contributed by atoms with Crippen LogP contribution in [-0.2, 0) is 4.79 Å². The molecule has 2 heterocycles. The van der Waals surface area contributed by atoms with Crippen LogP contribution in [0.1, 0.15) is 33.1 Å². The molecule has 2 rings (SSSR count). The molecule has 0 spiro atoms. The topological polar surface area (TPSA) is 32.3 Å². The fourth-order valence-electron chi connectivity index (χ4n) is 2.92. The van der Waals surface area contributed by atoms with Gasteiger partial charge in [-0.05, 0) is 44.2 Å². The SMILES string of the molecule is CCC(C)C(=O)N1CC[C@@H]2CNC[C@@H]2CC1. The average Bonchev–Trinajstić information content (AvgIpc) is 2.66. The van der Waals surface area contributed by atoms with E-state index in [4.69, 9.17) is 0 Å². The number of carbonyl (C=O) groups excluding carboxylic acids is 1. The predicted molar refractivity (Wildman–Crippen MR) is 65.1 cm³/mol. The van der Waals surface area contributed by atoms with Gasteiger partial charge in [-0.1, -0.05) is 13.8 Å². The van der Waals surface area contributed by atoms with Gasteiger partial charge in [0.2, 0.25) is 5.91 Å². The highest BCUT2D eigenvalue weighted by Crippen LogP contribution is 2.27. The van der Waals surface area contributed by atoms with Crippen LogP contribution in [0, 0.1) is 17.8 Å². The molecule has 1 N–H and O–H groups in total. The van der Waals surface area contributed by atoms with Gasteiger partial charge in [0.15, 0.2) is 0 Å². The Balaban J connectivity index is 1.91. The first kappa shape index (κ1) is 11.9. The van der Waals surface area contributed by atoms with Gasteiger partial charge >= 0.3 is 0 Å². The summed E-state index contributed by atoms with van der Waals surface area (Å²) in [6.45, 7) is 8.43. The van der Waals surface area contributed by atoms with Gasteiger partial charge in [0.05, 0.1) is 0 Å². The van der Waals surface area contributed by atoms with Crippen molar-refractivity contribution >= 4 is 5.91 Å². The molecule has 1 unspecified atom stereocenters. The summed E-state index contributed by atoms with van der Waals surface area (Å²) in [5.74, 6) is 2.20. The third-order valence-electron chi connectivity index (χ3n) is 4.36. The molecule has 0 aromatic carbocycles. The van der Waals surface area contributed by atoms with E-state index in [2.05, 4.69) is 24.1 Å². The quantitative estimate of drug-likeness (QED) is 0.771. The van der Waals surface area contributed by atoms with Crippen molar-refractivity contribution in [1.82, 2.24) is 10.2 Å². The van der Waals surface area contributed by atoms with Crippen molar-refractivity contribution in [2.75, 3.05) is 26.2 Å². The van der Waals surface area contributed by atoms with Crippen LogP contribution in [0.2, 0.25) is 0 Å². The van der Waals surface area contributed by atoms with Crippen LogP contribution in [0.15, 0.2) is 0 Å². The summed E-state index contributed by atoms with van der Waals surface area (Å²) in [5, 5.41) is 3.47. The van der Waals surface area contributed by atoms with Crippen LogP contribution < -0.4 is 5.32 Å². The minimum absolute atomic E-state index is 0.205. The zero-order valence-corrected chi connectivity index (χ0v) is 10.5. The Labute approximate surface area is 98.6 Å². The number of amides is 1. The summed E-state index contributed by atoms with van der Waals surface area (Å²) in [4.78, 5) is 14.2. The van der Waals surface area contributed by atoms with Gasteiger partial charge in [0.25, 0.3) is 0 Å². The number of nitrogens with one attached hydrogen (secondary N) is 1. The maximum Gasteiger partial charge on any atom is 0.225 e. The molecule has 92 valence electrons. The van der Waals surface area contributed by atoms with Crippen LogP contribution in [-0.4, -0.2) is 37.0 Å². The van der Waals surface area contributed by atoms with Gasteiger partial charge in [0.1, 0.15) is 0 Å². The molecule has 0 bridgehead atoms. The van der Waals surface area contributed by atoms with E-state index in [0.717, 1.165) is 44.4 Å². The third kappa shape index (κ3) is 2.40. The van der Waals surface area contributed by atoms with Gasteiger partial charge < -0.3 is 10.2 Å². The lowest BCUT2D eigenvalue weighted by Crippen LogP contribution is -2.36. The van der Waals surface area contributed by atoms with E-state index < -0.39 is 0 Å². The first-order valence-electron chi connectivity index (χ1n) is 6.72. The Morgan fingerprint density at radius 3 is 2.38 bits per heavy atom. The van der Waals surface area contributed by atoms with E-state index >= 15 is 0 Å². The van der Waals surface area contributed by atoms with E-state index in [0.29, 0.717) is 5.91 Å². The number of hydrogen-bond donors (Lipinski definition) is 1. The lowest BCUT2D eigenvalue weighted by Gasteiger charge is -2.24. The Morgan fingerprint density at radius 1 is 1.31 bits per heavy atom. The normalized spacial score (nSPS) is 32.0. The maximum atomic E-state index is 12.1. The molecule has 0 aliphatic carbocycles. The molecule has 3 heteroatoms. The molecular formula is C13H24N2O. The molecule has 0 saturated carbocycles. The summed E-state index contributed by atoms with van der Waals surface area (Å²) in [5.41, 5.74) is 0. The van der Waals surface area contributed by atoms with Crippen LogP contribution in [0.3, 0.4) is 0 Å². The molecule has 0 radical (unpaired) electrons. The van der Waals surface area contributed by atoms with Crippen molar-refractivity contribution in [3.8, 4) is 0 Å². The van der Waals surface area contributed by atoms with Crippen LogP contribution in [0.4, 0.5) is 0 Å². The smallest absolute Gasteiger partial charge is 0.225 e. The van der Waals surface area contributed by atoms with E-state index in [9.17, 15) is 4.79 Å². The van der Waals surface area contributed by atoms with E-state index in [1.165, 1.54) is 12.8 Å². The van der Waals surface area contributed by atoms with Crippen LogP contribution in [0.5, 0.6) is 0 Å². The monoisotopic (exact) mass is 224 g/mol. The van der Waals surface area contributed by atoms with Gasteiger partial charge in [-0.25, -0.2) is 0 Å². The second kappa shape index (κ2) is 5.17. The molecule has 1 amide bonds. The highest BCUT2D eigenvalue weighted by molar-refractivity contribution is 5.78. The second-order valence-electron chi connectivity index (χ2n) is 5.39. The highest BCUT2D eigenvalue weighted by atomic mass is 16.2. The standard InChI is InChI=1S/C13H24N2O/c1-3-10(2)13(16)15-6-4-11-8-14-9-12(11)5-7-15/h10-12,14H,3-9H2,1-2H3/t10?,11-,12+. The molecule has 3 atom stereocenters. The highest BCUT2D eigenvalue weighted by Gasteiger charge is 2.32. The third-order valence-corrected chi connectivity index (χ3v) is 4.36. The summed E-state index contributed by atoms with van der Waals surface area (Å²) in [6, 6.07) is 0. The zero-order valence-electron chi connectivity index (χ0n) is 10.5. The summed E-state index contributed by atoms with van der Waals surface area (Å²) >= 11 is 0. The number of nitrogens with zero attached hydrogens (tertiary/aromatic N) is 1. The summed E-state index contributed by atoms with van der Waals surface area (Å²) < 4.78 is 0. The molecule has 0 aromatic rings. The molecule has 0 aromatic heterocycles. The Bertz CT molecular complexity index is 240. The second-order valence-corrected chi connectivity index (χ2v) is 5.39. The zero-order chi connectivity index (χ0) is 11.5. The molecule has 2 saturated heterocycles. The Morgan fingerprint density at radius 2 is 1.88 bits per heavy atom. The molecule has 2 fully saturated rings. The number of rotatable bonds is 2. The maximum absolute atomic E-state index is 12.1. The lowest BCUT2D eigenvalue weighted by molar-refractivity contribution is -0.135. The Hall–Kier alpha value is -0.570. The number of carbonyl (C=O) groups is 1. The summed E-state index contributed by atoms with van der Waals surface area (Å²) in [6.07, 6.45) is 3.35. The largest absolute Gasteiger partial charge is 0.342 e. The molecule has 2 aliphatic heterocycles. The van der Waals surface area contributed by atoms with Crippen molar-refractivity contribution in [2.24, 2.45) is 17.8 Å². The molecular weight excluding hydrogens is 200 g/mol. The van der Waals surface area contributed by atoms with Gasteiger partial charge in [-0.15, -0.1) is 0 Å². The first-order valence-corrected chi connectivity index (χ1v) is 6.72. The summed E-state index contributed by atoms with van der Waals surface area (Å²) in [7, 11) is 0. The lowest BCUT2D eigenvalue weighted by atomic mass is 9.92. The molecule has 16 heavy (non-hydrogen) atoms. The number of likely N-dealkylation sites (tertiary alicyclic amines) is 1. The number of hydrogen-bond acceptors (Lipinski definition) is 2. The fraction of sp³-hybridized carbons (Fsp3) is 0.923. The van der Waals surface area contributed by atoms with E-state index in [-0.39, 0.29) is 5.92 Å². The van der Waals surface area contributed by atoms with Gasteiger partial charge in [0, 0.05) is 19.0 Å². The number of fused-ring (bicyclic) bond motifs is 1. The van der Waals surface area contributed by atoms with Crippen molar-refractivity contribution in [3.05, 3.63) is 0 Å². The Kier molecular flexibility index (Phi) is 3.85. The van der Waals surface area contributed by atoms with Crippen LogP contribution in [0.25, 0.3) is 0 Å². The average molecular weight is 224 g/mol. The van der Waals surface area contributed by atoms with Gasteiger partial charge in [-0.2, -0.15) is 0 Å². The first-order chi connectivity index (χ1) is 7.72. The van der Waals surface area contributed by atoms with E-state index in [1.54, 1.807) is 0 Å². The fourth-order valence-corrected chi connectivity index (χ4v) is 2.92. The van der Waals surface area contributed by atoms with E-state index in [1.807, 2.05) is 0 Å². The molecule has 3 nitrogen and oxygen atoms in total. The van der Waals surface area contributed by atoms with Crippen molar-refractivity contribution in [2.45, 2.75) is 33.1 Å². The molecule has 2 aliphatic rings. The minimum Gasteiger partial charge on any atom is -0.342 e. The van der Waals surface area contributed by atoms with Crippen molar-refractivity contribution < 1.29 is 4.79 Å².